The van der Waals surface area contributed by atoms with Crippen LogP contribution in [0, 0.1) is 0 Å². The normalized spacial score (nSPS) is 12.2. The molecular weight excluding hydrogens is 335 g/mol. The Hall–Kier alpha value is -0.770. The molecule has 1 atom stereocenters. The zero-order valence-electron chi connectivity index (χ0n) is 9.62. The number of pyridine rings is 1. The molecule has 0 saturated heterocycles. The summed E-state index contributed by atoms with van der Waals surface area (Å²) in [5.74, 6) is 0. The molecule has 1 N–H and O–H groups in total. The minimum Gasteiger partial charge on any atom is -0.376 e. The molecule has 0 saturated carbocycles. The first-order valence-electron chi connectivity index (χ1n) is 5.40. The highest BCUT2D eigenvalue weighted by Gasteiger charge is 2.09. The van der Waals surface area contributed by atoms with E-state index in [9.17, 15) is 0 Å². The van der Waals surface area contributed by atoms with Crippen LogP contribution in [-0.2, 0) is 0 Å². The summed E-state index contributed by atoms with van der Waals surface area (Å²) in [6.07, 6.45) is 1.74. The van der Waals surface area contributed by atoms with Crippen molar-refractivity contribution in [3.63, 3.8) is 0 Å². The average molecular weight is 346 g/mol. The van der Waals surface area contributed by atoms with Gasteiger partial charge in [0, 0.05) is 12.2 Å². The predicted octanol–water partition coefficient (Wildman–Crippen LogP) is 5.32. The van der Waals surface area contributed by atoms with Crippen LogP contribution in [0.15, 0.2) is 41.1 Å². The topological polar surface area (TPSA) is 24.9 Å². The zero-order chi connectivity index (χ0) is 13.1. The Balaban J connectivity index is 2.19. The van der Waals surface area contributed by atoms with E-state index in [2.05, 4.69) is 33.2 Å². The van der Waals surface area contributed by atoms with Crippen molar-refractivity contribution in [2.75, 3.05) is 5.32 Å². The minimum absolute atomic E-state index is 0.111. The number of anilines is 1. The number of nitrogens with zero attached hydrogens (tertiary/aromatic N) is 1. The number of hydrogen-bond acceptors (Lipinski definition) is 2. The van der Waals surface area contributed by atoms with Gasteiger partial charge in [-0.15, -0.1) is 0 Å². The van der Waals surface area contributed by atoms with Crippen molar-refractivity contribution in [1.29, 1.82) is 0 Å². The van der Waals surface area contributed by atoms with Crippen LogP contribution in [0.3, 0.4) is 0 Å². The molecule has 0 spiro atoms. The standard InChI is InChI=1S/C13H11BrCl2N2/c1-8(9-4-5-10(15)11(16)7-9)18-12-3-2-6-17-13(12)14/h2-8,18H,1H3. The van der Waals surface area contributed by atoms with Gasteiger partial charge in [-0.1, -0.05) is 29.3 Å². The van der Waals surface area contributed by atoms with Crippen LogP contribution in [0.25, 0.3) is 0 Å². The largest absolute Gasteiger partial charge is 0.376 e. The highest BCUT2D eigenvalue weighted by atomic mass is 79.9. The molecule has 0 bridgehead atoms. The van der Waals surface area contributed by atoms with Crippen LogP contribution in [-0.4, -0.2) is 4.98 Å². The van der Waals surface area contributed by atoms with Crippen molar-refractivity contribution >= 4 is 44.8 Å². The lowest BCUT2D eigenvalue weighted by Crippen LogP contribution is -2.07. The molecule has 5 heteroatoms. The Morgan fingerprint density at radius 3 is 2.67 bits per heavy atom. The molecule has 0 fully saturated rings. The summed E-state index contributed by atoms with van der Waals surface area (Å²) >= 11 is 15.3. The number of nitrogens with one attached hydrogen (secondary N) is 1. The van der Waals surface area contributed by atoms with Gasteiger partial charge in [-0.25, -0.2) is 4.98 Å². The maximum atomic E-state index is 6.01. The second-order valence-corrected chi connectivity index (χ2v) is 5.45. The SMILES string of the molecule is CC(Nc1cccnc1Br)c1ccc(Cl)c(Cl)c1. The first kappa shape index (κ1) is 13.7. The van der Waals surface area contributed by atoms with Gasteiger partial charge < -0.3 is 5.32 Å². The van der Waals surface area contributed by atoms with Gasteiger partial charge in [-0.3, -0.25) is 0 Å². The van der Waals surface area contributed by atoms with Crippen molar-refractivity contribution in [3.05, 3.63) is 56.7 Å². The first-order chi connectivity index (χ1) is 8.58. The lowest BCUT2D eigenvalue weighted by molar-refractivity contribution is 0.881. The van der Waals surface area contributed by atoms with E-state index in [4.69, 9.17) is 23.2 Å². The molecule has 2 rings (SSSR count). The molecule has 1 aromatic heterocycles. The van der Waals surface area contributed by atoms with Gasteiger partial charge in [-0.2, -0.15) is 0 Å². The van der Waals surface area contributed by atoms with Gasteiger partial charge in [-0.05, 0) is 52.7 Å². The fourth-order valence-electron chi connectivity index (χ4n) is 1.59. The second-order valence-electron chi connectivity index (χ2n) is 3.88. The number of rotatable bonds is 3. The average Bonchev–Trinajstić information content (AvgIpc) is 2.35. The van der Waals surface area contributed by atoms with Gasteiger partial charge in [0.25, 0.3) is 0 Å². The van der Waals surface area contributed by atoms with Crippen LogP contribution in [0.4, 0.5) is 5.69 Å². The molecule has 2 aromatic rings. The van der Waals surface area contributed by atoms with E-state index in [-0.39, 0.29) is 6.04 Å². The summed E-state index contributed by atoms with van der Waals surface area (Å²) in [5.41, 5.74) is 2.01. The smallest absolute Gasteiger partial charge is 0.129 e. The van der Waals surface area contributed by atoms with Gasteiger partial charge in [0.05, 0.1) is 15.7 Å². The maximum absolute atomic E-state index is 6.01. The molecule has 0 aliphatic rings. The lowest BCUT2D eigenvalue weighted by Gasteiger charge is -2.16. The Morgan fingerprint density at radius 2 is 2.00 bits per heavy atom. The molecule has 0 aliphatic heterocycles. The Bertz CT molecular complexity index is 560. The summed E-state index contributed by atoms with van der Waals surface area (Å²) in [5, 5.41) is 4.49. The van der Waals surface area contributed by atoms with Gasteiger partial charge in [0.2, 0.25) is 0 Å². The Kier molecular flexibility index (Phi) is 4.49. The summed E-state index contributed by atoms with van der Waals surface area (Å²) in [7, 11) is 0. The highest BCUT2D eigenvalue weighted by Crippen LogP contribution is 2.28. The van der Waals surface area contributed by atoms with Crippen LogP contribution >= 0.6 is 39.1 Å². The quantitative estimate of drug-likeness (QED) is 0.761. The molecule has 1 unspecified atom stereocenters. The number of aromatic nitrogens is 1. The van der Waals surface area contributed by atoms with Crippen LogP contribution in [0.2, 0.25) is 10.0 Å². The van der Waals surface area contributed by atoms with Crippen LogP contribution < -0.4 is 5.32 Å². The molecule has 18 heavy (non-hydrogen) atoms. The third kappa shape index (κ3) is 3.16. The summed E-state index contributed by atoms with van der Waals surface area (Å²) in [6.45, 7) is 2.05. The first-order valence-corrected chi connectivity index (χ1v) is 6.95. The van der Waals surface area contributed by atoms with Gasteiger partial charge in [0.15, 0.2) is 0 Å². The van der Waals surface area contributed by atoms with Crippen LogP contribution in [0.1, 0.15) is 18.5 Å². The monoisotopic (exact) mass is 344 g/mol. The third-order valence-corrected chi connectivity index (χ3v) is 3.95. The van der Waals surface area contributed by atoms with Crippen molar-refractivity contribution in [1.82, 2.24) is 4.98 Å². The Morgan fingerprint density at radius 1 is 1.22 bits per heavy atom. The third-order valence-electron chi connectivity index (χ3n) is 2.57. The number of halogens is 3. The Labute approximate surface area is 124 Å². The van der Waals surface area contributed by atoms with Crippen molar-refractivity contribution in [2.45, 2.75) is 13.0 Å². The lowest BCUT2D eigenvalue weighted by atomic mass is 10.1. The van der Waals surface area contributed by atoms with Crippen molar-refractivity contribution in [2.24, 2.45) is 0 Å². The molecule has 2 nitrogen and oxygen atoms in total. The minimum atomic E-state index is 0.111. The zero-order valence-corrected chi connectivity index (χ0v) is 12.7. The molecule has 1 aromatic carbocycles. The van der Waals surface area contributed by atoms with Crippen LogP contribution in [0.5, 0.6) is 0 Å². The van der Waals surface area contributed by atoms with E-state index in [1.54, 1.807) is 12.3 Å². The van der Waals surface area contributed by atoms with E-state index in [1.165, 1.54) is 0 Å². The van der Waals surface area contributed by atoms with E-state index >= 15 is 0 Å². The summed E-state index contributed by atoms with van der Waals surface area (Å²) < 4.78 is 0.789. The van der Waals surface area contributed by atoms with Gasteiger partial charge in [0.1, 0.15) is 4.60 Å². The number of hydrogen-bond donors (Lipinski definition) is 1. The van der Waals surface area contributed by atoms with Crippen molar-refractivity contribution < 1.29 is 0 Å². The summed E-state index contributed by atoms with van der Waals surface area (Å²) in [6, 6.07) is 9.58. The van der Waals surface area contributed by atoms with E-state index in [0.717, 1.165) is 15.9 Å². The molecule has 0 radical (unpaired) electrons. The maximum Gasteiger partial charge on any atom is 0.129 e. The molecule has 1 heterocycles. The van der Waals surface area contributed by atoms with E-state index in [1.807, 2.05) is 24.3 Å². The highest BCUT2D eigenvalue weighted by molar-refractivity contribution is 9.10. The predicted molar refractivity (Wildman–Crippen MR) is 80.4 cm³/mol. The molecule has 0 amide bonds. The van der Waals surface area contributed by atoms with E-state index < -0.39 is 0 Å². The van der Waals surface area contributed by atoms with E-state index in [0.29, 0.717) is 10.0 Å². The van der Waals surface area contributed by atoms with Crippen molar-refractivity contribution in [3.8, 4) is 0 Å². The molecule has 0 aliphatic carbocycles. The fourth-order valence-corrected chi connectivity index (χ4v) is 2.26. The summed E-state index contributed by atoms with van der Waals surface area (Å²) in [4.78, 5) is 4.16. The second kappa shape index (κ2) is 5.91. The fraction of sp³-hybridized carbons (Fsp3) is 0.154. The molecular formula is C13H11BrCl2N2. The van der Waals surface area contributed by atoms with Gasteiger partial charge >= 0.3 is 0 Å². The number of benzene rings is 1. The molecule has 94 valence electrons.